The first-order valence-corrected chi connectivity index (χ1v) is 12.6. The highest BCUT2D eigenvalue weighted by atomic mass is 16.5. The summed E-state index contributed by atoms with van der Waals surface area (Å²) in [6.07, 6.45) is 11.8. The number of aromatic nitrogens is 1. The zero-order valence-corrected chi connectivity index (χ0v) is 20.9. The minimum absolute atomic E-state index is 0.00726. The second kappa shape index (κ2) is 14.1. The normalized spacial score (nSPS) is 11.3. The molecule has 1 aromatic heterocycles. The van der Waals surface area contributed by atoms with Crippen molar-refractivity contribution < 1.29 is 14.2 Å². The number of nitrogens with zero attached hydrogens (tertiary/aromatic N) is 1. The van der Waals surface area contributed by atoms with Crippen molar-refractivity contribution in [1.82, 2.24) is 4.57 Å². The smallest absolute Gasteiger partial charge is 0.297 e. The van der Waals surface area contributed by atoms with Gasteiger partial charge in [-0.1, -0.05) is 65.2 Å². The van der Waals surface area contributed by atoms with Crippen LogP contribution in [0.15, 0.2) is 23.0 Å². The van der Waals surface area contributed by atoms with Crippen LogP contribution in [0.1, 0.15) is 97.9 Å². The van der Waals surface area contributed by atoms with Crippen molar-refractivity contribution in [2.24, 2.45) is 0 Å². The van der Waals surface area contributed by atoms with Gasteiger partial charge in [-0.2, -0.15) is 0 Å². The molecule has 0 spiro atoms. The summed E-state index contributed by atoms with van der Waals surface area (Å²) in [6, 6.07) is 5.89. The van der Waals surface area contributed by atoms with E-state index < -0.39 is 0 Å². The van der Waals surface area contributed by atoms with Gasteiger partial charge in [-0.15, -0.1) is 0 Å². The van der Waals surface area contributed by atoms with E-state index in [1.165, 1.54) is 44.9 Å². The number of fused-ring (bicyclic) bond motifs is 1. The summed E-state index contributed by atoms with van der Waals surface area (Å²) in [5.41, 5.74) is 0.675. The SMILES string of the molecule is CCCCCCCCOc1ccc2c(OC)c(OCCCCCC)c(=O)n(C(C)C)c2c1. The Kier molecular flexibility index (Phi) is 11.5. The zero-order valence-electron chi connectivity index (χ0n) is 20.9. The van der Waals surface area contributed by atoms with Crippen molar-refractivity contribution in [3.8, 4) is 17.2 Å². The molecule has 0 aliphatic carbocycles. The van der Waals surface area contributed by atoms with E-state index in [4.69, 9.17) is 14.2 Å². The Hall–Kier alpha value is -2.17. The summed E-state index contributed by atoms with van der Waals surface area (Å²) in [6.45, 7) is 9.66. The number of rotatable bonds is 16. The van der Waals surface area contributed by atoms with Crippen LogP contribution in [0.25, 0.3) is 10.9 Å². The Labute approximate surface area is 194 Å². The van der Waals surface area contributed by atoms with Gasteiger partial charge in [0.05, 0.1) is 25.8 Å². The standard InChI is InChI=1S/C27H43NO4/c1-6-8-10-12-13-15-18-31-22-16-17-23-24(20-22)28(21(3)4)27(29)26(25(23)30-5)32-19-14-11-9-7-2/h16-17,20-21H,6-15,18-19H2,1-5H3. The van der Waals surface area contributed by atoms with Gasteiger partial charge in [-0.3, -0.25) is 4.79 Å². The zero-order chi connectivity index (χ0) is 23.3. The Balaban J connectivity index is 2.22. The molecule has 1 heterocycles. The van der Waals surface area contributed by atoms with Crippen LogP contribution in [0.3, 0.4) is 0 Å². The van der Waals surface area contributed by atoms with E-state index in [0.29, 0.717) is 24.7 Å². The third-order valence-corrected chi connectivity index (χ3v) is 5.82. The fraction of sp³-hybridized carbons (Fsp3) is 0.667. The van der Waals surface area contributed by atoms with E-state index in [9.17, 15) is 4.79 Å². The van der Waals surface area contributed by atoms with Crippen LogP contribution in [0.2, 0.25) is 0 Å². The molecule has 32 heavy (non-hydrogen) atoms. The van der Waals surface area contributed by atoms with Gasteiger partial charge in [0.25, 0.3) is 5.56 Å². The maximum Gasteiger partial charge on any atom is 0.297 e. The number of methoxy groups -OCH3 is 1. The average molecular weight is 446 g/mol. The van der Waals surface area contributed by atoms with Gasteiger partial charge in [-0.05, 0) is 38.8 Å². The molecule has 2 aromatic rings. The first-order valence-electron chi connectivity index (χ1n) is 12.6. The van der Waals surface area contributed by atoms with E-state index in [-0.39, 0.29) is 11.6 Å². The Morgan fingerprint density at radius 2 is 1.41 bits per heavy atom. The first-order chi connectivity index (χ1) is 15.5. The molecule has 0 saturated heterocycles. The van der Waals surface area contributed by atoms with Crippen molar-refractivity contribution in [3.63, 3.8) is 0 Å². The van der Waals surface area contributed by atoms with Crippen LogP contribution in [0.4, 0.5) is 0 Å². The molecular formula is C27H43NO4. The molecule has 1 aromatic carbocycles. The van der Waals surface area contributed by atoms with E-state index in [2.05, 4.69) is 13.8 Å². The topological polar surface area (TPSA) is 49.7 Å². The van der Waals surface area contributed by atoms with E-state index in [1.54, 1.807) is 11.7 Å². The fourth-order valence-corrected chi connectivity index (χ4v) is 4.05. The lowest BCUT2D eigenvalue weighted by molar-refractivity contribution is 0.279. The lowest BCUT2D eigenvalue weighted by atomic mass is 10.1. The minimum atomic E-state index is -0.145. The van der Waals surface area contributed by atoms with Gasteiger partial charge in [-0.25, -0.2) is 0 Å². The summed E-state index contributed by atoms with van der Waals surface area (Å²) in [5, 5.41) is 0.872. The largest absolute Gasteiger partial charge is 0.494 e. The van der Waals surface area contributed by atoms with Crippen LogP contribution in [0, 0.1) is 0 Å². The number of benzene rings is 1. The van der Waals surface area contributed by atoms with Crippen LogP contribution in [-0.4, -0.2) is 24.9 Å². The molecule has 5 nitrogen and oxygen atoms in total. The molecule has 0 N–H and O–H groups in total. The highest BCUT2D eigenvalue weighted by Crippen LogP contribution is 2.35. The van der Waals surface area contributed by atoms with E-state index in [1.807, 2.05) is 32.0 Å². The van der Waals surface area contributed by atoms with Crippen molar-refractivity contribution in [3.05, 3.63) is 28.6 Å². The molecular weight excluding hydrogens is 402 g/mol. The highest BCUT2D eigenvalue weighted by molar-refractivity contribution is 5.89. The van der Waals surface area contributed by atoms with Gasteiger partial charge in [0.1, 0.15) is 5.75 Å². The van der Waals surface area contributed by atoms with Crippen molar-refractivity contribution in [2.45, 2.75) is 97.9 Å². The highest BCUT2D eigenvalue weighted by Gasteiger charge is 2.21. The monoisotopic (exact) mass is 445 g/mol. The second-order valence-corrected chi connectivity index (χ2v) is 8.84. The van der Waals surface area contributed by atoms with Crippen LogP contribution in [0.5, 0.6) is 17.2 Å². The predicted molar refractivity (Wildman–Crippen MR) is 134 cm³/mol. The molecule has 5 heteroatoms. The molecule has 0 aliphatic rings. The van der Waals surface area contributed by atoms with E-state index >= 15 is 0 Å². The number of pyridine rings is 1. The Bertz CT molecular complexity index is 872. The molecule has 0 unspecified atom stereocenters. The summed E-state index contributed by atoms with van der Waals surface area (Å²) in [7, 11) is 1.60. The first kappa shape index (κ1) is 26.1. The summed E-state index contributed by atoms with van der Waals surface area (Å²) >= 11 is 0. The van der Waals surface area contributed by atoms with Gasteiger partial charge >= 0.3 is 0 Å². The van der Waals surface area contributed by atoms with Crippen LogP contribution in [-0.2, 0) is 0 Å². The fourth-order valence-electron chi connectivity index (χ4n) is 4.05. The molecule has 0 fully saturated rings. The molecule has 2 rings (SSSR count). The second-order valence-electron chi connectivity index (χ2n) is 8.84. The molecule has 0 bridgehead atoms. The third-order valence-electron chi connectivity index (χ3n) is 5.82. The Morgan fingerprint density at radius 1 is 0.812 bits per heavy atom. The average Bonchev–Trinajstić information content (AvgIpc) is 2.78. The maximum atomic E-state index is 13.3. The van der Waals surface area contributed by atoms with Crippen LogP contribution >= 0.6 is 0 Å². The molecule has 0 atom stereocenters. The summed E-state index contributed by atoms with van der Waals surface area (Å²) in [4.78, 5) is 13.3. The molecule has 0 saturated carbocycles. The maximum absolute atomic E-state index is 13.3. The van der Waals surface area contributed by atoms with Crippen molar-refractivity contribution in [1.29, 1.82) is 0 Å². The number of hydrogen-bond acceptors (Lipinski definition) is 4. The summed E-state index contributed by atoms with van der Waals surface area (Å²) < 4.78 is 19.4. The number of hydrogen-bond donors (Lipinski definition) is 0. The number of ether oxygens (including phenoxy) is 3. The molecule has 0 aliphatic heterocycles. The summed E-state index contributed by atoms with van der Waals surface area (Å²) in [5.74, 6) is 1.61. The van der Waals surface area contributed by atoms with Gasteiger partial charge in [0.15, 0.2) is 5.75 Å². The minimum Gasteiger partial charge on any atom is -0.494 e. The quantitative estimate of drug-likeness (QED) is 0.255. The predicted octanol–water partition coefficient (Wildman–Crippen LogP) is 7.29. The lowest BCUT2D eigenvalue weighted by Crippen LogP contribution is -2.25. The lowest BCUT2D eigenvalue weighted by Gasteiger charge is -2.20. The molecule has 180 valence electrons. The number of unbranched alkanes of at least 4 members (excludes halogenated alkanes) is 8. The van der Waals surface area contributed by atoms with Gasteiger partial charge in [0.2, 0.25) is 5.75 Å². The third kappa shape index (κ3) is 7.18. The van der Waals surface area contributed by atoms with Crippen LogP contribution < -0.4 is 19.8 Å². The van der Waals surface area contributed by atoms with E-state index in [0.717, 1.165) is 35.9 Å². The molecule has 0 amide bonds. The Morgan fingerprint density at radius 3 is 2.03 bits per heavy atom. The van der Waals surface area contributed by atoms with Crippen molar-refractivity contribution in [2.75, 3.05) is 20.3 Å². The van der Waals surface area contributed by atoms with Gasteiger partial charge in [0, 0.05) is 17.5 Å². The molecule has 0 radical (unpaired) electrons. The van der Waals surface area contributed by atoms with Gasteiger partial charge < -0.3 is 18.8 Å². The van der Waals surface area contributed by atoms with Crippen molar-refractivity contribution >= 4 is 10.9 Å².